The van der Waals surface area contributed by atoms with E-state index in [4.69, 9.17) is 9.84 Å². The van der Waals surface area contributed by atoms with E-state index in [0.29, 0.717) is 5.75 Å². The SMILES string of the molecule is O=C(COc1ccccc1)Nc1ccc(C(=O)O)c(F)c1. The number of aromatic carboxylic acids is 1. The minimum Gasteiger partial charge on any atom is -0.484 e. The van der Waals surface area contributed by atoms with Crippen LogP contribution in [0.1, 0.15) is 10.4 Å². The van der Waals surface area contributed by atoms with E-state index in [1.165, 1.54) is 6.07 Å². The van der Waals surface area contributed by atoms with Crippen LogP contribution in [0.15, 0.2) is 48.5 Å². The van der Waals surface area contributed by atoms with Crippen LogP contribution in [-0.2, 0) is 4.79 Å². The van der Waals surface area contributed by atoms with Crippen LogP contribution in [0, 0.1) is 5.82 Å². The number of ether oxygens (including phenoxy) is 1. The van der Waals surface area contributed by atoms with Gasteiger partial charge in [0.15, 0.2) is 6.61 Å². The molecule has 0 aliphatic heterocycles. The molecular formula is C15H12FNO4. The van der Waals surface area contributed by atoms with E-state index in [1.54, 1.807) is 24.3 Å². The Kier molecular flexibility index (Phi) is 4.50. The first-order chi connectivity index (χ1) is 10.1. The molecule has 1 amide bonds. The van der Waals surface area contributed by atoms with Crippen LogP contribution in [0.5, 0.6) is 5.75 Å². The van der Waals surface area contributed by atoms with Crippen molar-refractivity contribution < 1.29 is 23.8 Å². The second-order valence-corrected chi connectivity index (χ2v) is 4.15. The second kappa shape index (κ2) is 6.51. The largest absolute Gasteiger partial charge is 0.484 e. The molecule has 6 heteroatoms. The Hall–Kier alpha value is -2.89. The fraction of sp³-hybridized carbons (Fsp3) is 0.0667. The van der Waals surface area contributed by atoms with E-state index >= 15 is 0 Å². The molecule has 2 aromatic carbocycles. The number of carbonyl (C=O) groups is 2. The Bertz CT molecular complexity index is 658. The number of anilines is 1. The van der Waals surface area contributed by atoms with Gasteiger partial charge in [0.2, 0.25) is 0 Å². The summed E-state index contributed by atoms with van der Waals surface area (Å²) in [4.78, 5) is 22.3. The summed E-state index contributed by atoms with van der Waals surface area (Å²) in [6.07, 6.45) is 0. The lowest BCUT2D eigenvalue weighted by atomic mass is 10.2. The van der Waals surface area contributed by atoms with Crippen LogP contribution < -0.4 is 10.1 Å². The molecule has 0 aliphatic rings. The lowest BCUT2D eigenvalue weighted by Crippen LogP contribution is -2.20. The topological polar surface area (TPSA) is 75.6 Å². The van der Waals surface area contributed by atoms with Gasteiger partial charge in [-0.25, -0.2) is 9.18 Å². The smallest absolute Gasteiger partial charge is 0.338 e. The number of hydrogen-bond acceptors (Lipinski definition) is 3. The molecule has 0 radical (unpaired) electrons. The van der Waals surface area contributed by atoms with Crippen molar-refractivity contribution in [1.82, 2.24) is 0 Å². The van der Waals surface area contributed by atoms with Gasteiger partial charge in [-0.2, -0.15) is 0 Å². The van der Waals surface area contributed by atoms with Crippen molar-refractivity contribution in [2.24, 2.45) is 0 Å². The zero-order valence-electron chi connectivity index (χ0n) is 10.9. The average molecular weight is 289 g/mol. The van der Waals surface area contributed by atoms with Gasteiger partial charge < -0.3 is 15.2 Å². The van der Waals surface area contributed by atoms with E-state index in [2.05, 4.69) is 5.32 Å². The van der Waals surface area contributed by atoms with Crippen molar-refractivity contribution in [2.45, 2.75) is 0 Å². The van der Waals surface area contributed by atoms with Crippen molar-refractivity contribution in [3.8, 4) is 5.75 Å². The van der Waals surface area contributed by atoms with Crippen molar-refractivity contribution in [3.63, 3.8) is 0 Å². The Morgan fingerprint density at radius 3 is 2.48 bits per heavy atom. The Morgan fingerprint density at radius 1 is 1.14 bits per heavy atom. The molecule has 0 aromatic heterocycles. The number of hydrogen-bond donors (Lipinski definition) is 2. The van der Waals surface area contributed by atoms with Crippen molar-refractivity contribution in [2.75, 3.05) is 11.9 Å². The number of para-hydroxylation sites is 1. The number of amides is 1. The highest BCUT2D eigenvalue weighted by Crippen LogP contribution is 2.15. The molecule has 2 N–H and O–H groups in total. The summed E-state index contributed by atoms with van der Waals surface area (Å²) in [5.74, 6) is -2.21. The van der Waals surface area contributed by atoms with Crippen LogP contribution in [0.2, 0.25) is 0 Å². The molecule has 0 saturated carbocycles. The number of halogens is 1. The molecule has 0 aliphatic carbocycles. The van der Waals surface area contributed by atoms with Gasteiger partial charge in [0, 0.05) is 5.69 Å². The maximum atomic E-state index is 13.4. The van der Waals surface area contributed by atoms with Gasteiger partial charge in [0.25, 0.3) is 5.91 Å². The third kappa shape index (κ3) is 4.04. The van der Waals surface area contributed by atoms with E-state index in [-0.39, 0.29) is 12.3 Å². The monoisotopic (exact) mass is 289 g/mol. The molecule has 108 valence electrons. The van der Waals surface area contributed by atoms with E-state index in [0.717, 1.165) is 12.1 Å². The van der Waals surface area contributed by atoms with Gasteiger partial charge in [-0.15, -0.1) is 0 Å². The number of carboxylic acids is 1. The minimum atomic E-state index is -1.36. The summed E-state index contributed by atoms with van der Waals surface area (Å²) in [6, 6.07) is 12.1. The molecule has 2 rings (SSSR count). The molecule has 2 aromatic rings. The van der Waals surface area contributed by atoms with Gasteiger partial charge in [0.05, 0.1) is 5.56 Å². The quantitative estimate of drug-likeness (QED) is 0.887. The van der Waals surface area contributed by atoms with E-state index in [9.17, 15) is 14.0 Å². The summed E-state index contributed by atoms with van der Waals surface area (Å²) >= 11 is 0. The molecule has 0 atom stereocenters. The zero-order valence-corrected chi connectivity index (χ0v) is 10.9. The lowest BCUT2D eigenvalue weighted by molar-refractivity contribution is -0.118. The predicted molar refractivity (Wildman–Crippen MR) is 73.9 cm³/mol. The first kappa shape index (κ1) is 14.5. The summed E-state index contributed by atoms with van der Waals surface area (Å²) in [7, 11) is 0. The summed E-state index contributed by atoms with van der Waals surface area (Å²) in [5, 5.41) is 11.1. The third-order valence-corrected chi connectivity index (χ3v) is 2.60. The van der Waals surface area contributed by atoms with Crippen LogP contribution in [-0.4, -0.2) is 23.6 Å². The van der Waals surface area contributed by atoms with Crippen LogP contribution >= 0.6 is 0 Å². The minimum absolute atomic E-state index is 0.166. The highest BCUT2D eigenvalue weighted by molar-refractivity contribution is 5.93. The molecule has 21 heavy (non-hydrogen) atoms. The van der Waals surface area contributed by atoms with Crippen LogP contribution in [0.4, 0.5) is 10.1 Å². The van der Waals surface area contributed by atoms with Gasteiger partial charge >= 0.3 is 5.97 Å². The summed E-state index contributed by atoms with van der Waals surface area (Å²) in [5.41, 5.74) is -0.285. The lowest BCUT2D eigenvalue weighted by Gasteiger charge is -2.08. The Balaban J connectivity index is 1.94. The van der Waals surface area contributed by atoms with Crippen molar-refractivity contribution in [3.05, 3.63) is 59.9 Å². The molecule has 0 bridgehead atoms. The molecule has 0 fully saturated rings. The molecule has 5 nitrogen and oxygen atoms in total. The highest BCUT2D eigenvalue weighted by Gasteiger charge is 2.11. The number of nitrogens with one attached hydrogen (secondary N) is 1. The summed E-state index contributed by atoms with van der Waals surface area (Å²) in [6.45, 7) is -0.230. The van der Waals surface area contributed by atoms with Crippen molar-refractivity contribution in [1.29, 1.82) is 0 Å². The van der Waals surface area contributed by atoms with E-state index in [1.807, 2.05) is 6.07 Å². The molecule has 0 saturated heterocycles. The Morgan fingerprint density at radius 2 is 1.86 bits per heavy atom. The second-order valence-electron chi connectivity index (χ2n) is 4.15. The molecule has 0 spiro atoms. The third-order valence-electron chi connectivity index (χ3n) is 2.60. The van der Waals surface area contributed by atoms with Gasteiger partial charge in [-0.1, -0.05) is 18.2 Å². The first-order valence-electron chi connectivity index (χ1n) is 6.07. The molecule has 0 heterocycles. The average Bonchev–Trinajstić information content (AvgIpc) is 2.46. The summed E-state index contributed by atoms with van der Waals surface area (Å²) < 4.78 is 18.7. The maximum absolute atomic E-state index is 13.4. The first-order valence-corrected chi connectivity index (χ1v) is 6.07. The number of carbonyl (C=O) groups excluding carboxylic acids is 1. The van der Waals surface area contributed by atoms with Crippen molar-refractivity contribution >= 4 is 17.6 Å². The fourth-order valence-corrected chi connectivity index (χ4v) is 1.63. The number of benzene rings is 2. The number of carboxylic acid groups (broad SMARTS) is 1. The van der Waals surface area contributed by atoms with Gasteiger partial charge in [0.1, 0.15) is 11.6 Å². The fourth-order valence-electron chi connectivity index (χ4n) is 1.63. The zero-order chi connectivity index (χ0) is 15.2. The van der Waals surface area contributed by atoms with Gasteiger partial charge in [-0.05, 0) is 30.3 Å². The van der Waals surface area contributed by atoms with E-state index < -0.39 is 23.3 Å². The number of rotatable bonds is 5. The highest BCUT2D eigenvalue weighted by atomic mass is 19.1. The maximum Gasteiger partial charge on any atom is 0.338 e. The van der Waals surface area contributed by atoms with Gasteiger partial charge in [-0.3, -0.25) is 4.79 Å². The standard InChI is InChI=1S/C15H12FNO4/c16-13-8-10(6-7-12(13)15(19)20)17-14(18)9-21-11-4-2-1-3-5-11/h1-8H,9H2,(H,17,18)(H,19,20). The van der Waals surface area contributed by atoms with Crippen LogP contribution in [0.25, 0.3) is 0 Å². The predicted octanol–water partition coefficient (Wildman–Crippen LogP) is 2.54. The Labute approximate surface area is 120 Å². The molecular weight excluding hydrogens is 277 g/mol. The molecule has 0 unspecified atom stereocenters. The van der Waals surface area contributed by atoms with Crippen LogP contribution in [0.3, 0.4) is 0 Å². The normalized spacial score (nSPS) is 9.95.